The number of carboxylic acid groups (broad SMARTS) is 2. The number of aromatic nitrogens is 3. The van der Waals surface area contributed by atoms with Gasteiger partial charge in [0.15, 0.2) is 0 Å². The van der Waals surface area contributed by atoms with Gasteiger partial charge in [-0.15, -0.1) is 0 Å². The van der Waals surface area contributed by atoms with Crippen molar-refractivity contribution in [3.8, 4) is 5.75 Å². The first-order valence-corrected chi connectivity index (χ1v) is 39.0. The van der Waals surface area contributed by atoms with Crippen LogP contribution in [0.2, 0.25) is 0 Å². The smallest absolute Gasteiger partial charge is 0.326 e. The van der Waals surface area contributed by atoms with Gasteiger partial charge in [-0.25, -0.2) is 9.78 Å². The molecule has 14 amide bonds. The third-order valence-electron chi connectivity index (χ3n) is 19.8. The molecule has 38 nitrogen and oxygen atoms in total. The van der Waals surface area contributed by atoms with Crippen molar-refractivity contribution in [3.63, 3.8) is 0 Å². The highest BCUT2D eigenvalue weighted by Crippen LogP contribution is 2.25. The average Bonchev–Trinajstić information content (AvgIpc) is 1.72. The van der Waals surface area contributed by atoms with Crippen molar-refractivity contribution in [1.29, 1.82) is 0 Å². The minimum atomic E-state index is -1.60. The standard InChI is InChI=1S/C77H113N19O19/c1-6-7-15-51(67(104)94-59(77(114)115)35-44-20-22-47(97)23-21-44)88-74(111)61-19-13-32-96(61)76(113)54(26-28-63(81)99)86-64(100)40-84-73(110)60-18-12-31-95(60)75(112)53(17-10-11-30-78)89-70(107)56(34-43(4)5)91-68(105)52(25-27-62(80)98)87-69(106)55(33-42(2)3)92-71(108)57(36-45-38-83-50-16-9-8-14-48(45)50)93-72(109)58(37-46-39-82-41-85-46)90-66(103)49(79)24-29-65(101)102/h8-9,14,16,20-23,38-39,41-43,49,51-61,83,97H,6-7,10-13,15,17-19,24-37,40,78-79H2,1-5H3,(H2,80,98)(H2,81,99)(H,82,85)(H,84,110)(H,86,100)(H,87,106)(H,88,111)(H,89,107)(H,90,103)(H,91,105)(H,92,108)(H,93,109)(H,94,104)(H,101,102)(H,114,115)/t49-,51-,52-,53-,54-,55-,56-,57-,58-,59-,60-,61-/m0/s1. The number of nitrogens with one attached hydrogen (secondary N) is 12. The molecular weight excluding hydrogens is 1490 g/mol. The van der Waals surface area contributed by atoms with Crippen LogP contribution in [0.3, 0.4) is 0 Å². The zero-order chi connectivity index (χ0) is 84.6. The molecule has 38 heteroatoms. The predicted octanol–water partition coefficient (Wildman–Crippen LogP) is -1.70. The van der Waals surface area contributed by atoms with E-state index in [0.717, 1.165) is 0 Å². The van der Waals surface area contributed by atoms with Crippen molar-refractivity contribution in [2.75, 3.05) is 26.2 Å². The maximum atomic E-state index is 14.9. The summed E-state index contributed by atoms with van der Waals surface area (Å²) < 4.78 is 0. The highest BCUT2D eigenvalue weighted by molar-refractivity contribution is 6.00. The van der Waals surface area contributed by atoms with Gasteiger partial charge in [0, 0.05) is 80.6 Å². The number of carbonyl (C=O) groups excluding carboxylic acids is 14. The van der Waals surface area contributed by atoms with Crippen molar-refractivity contribution in [1.82, 2.24) is 77.9 Å². The molecule has 2 saturated heterocycles. The molecule has 2 aliphatic rings. The number of phenolic OH excluding ortho intramolecular Hbond substituents is 1. The summed E-state index contributed by atoms with van der Waals surface area (Å²) in [5.74, 6) is -14.9. The van der Waals surface area contributed by atoms with Crippen LogP contribution in [0.5, 0.6) is 5.75 Å². The van der Waals surface area contributed by atoms with Crippen molar-refractivity contribution in [2.24, 2.45) is 34.8 Å². The highest BCUT2D eigenvalue weighted by atomic mass is 16.4. The molecule has 2 aromatic carbocycles. The lowest BCUT2D eigenvalue weighted by Crippen LogP contribution is -2.61. The molecule has 2 aromatic heterocycles. The second kappa shape index (κ2) is 46.0. The van der Waals surface area contributed by atoms with Crippen molar-refractivity contribution in [2.45, 2.75) is 242 Å². The summed E-state index contributed by atoms with van der Waals surface area (Å²) in [4.78, 5) is 233. The number of benzene rings is 2. The van der Waals surface area contributed by atoms with Crippen LogP contribution in [0.25, 0.3) is 10.9 Å². The number of aliphatic carboxylic acids is 2. The first-order chi connectivity index (χ1) is 54.7. The first-order valence-electron chi connectivity index (χ1n) is 39.0. The van der Waals surface area contributed by atoms with Gasteiger partial charge in [-0.05, 0) is 131 Å². The van der Waals surface area contributed by atoms with E-state index in [1.807, 2.05) is 6.92 Å². The number of nitrogens with zero attached hydrogens (tertiary/aromatic N) is 3. The molecule has 23 N–H and O–H groups in total. The quantitative estimate of drug-likeness (QED) is 0.0219. The number of amides is 14. The number of hydrogen-bond donors (Lipinski definition) is 19. The number of nitrogens with two attached hydrogens (primary N) is 4. The van der Waals surface area contributed by atoms with Crippen LogP contribution >= 0.6 is 0 Å². The maximum Gasteiger partial charge on any atom is 0.326 e. The van der Waals surface area contributed by atoms with E-state index in [-0.39, 0.29) is 108 Å². The molecule has 0 saturated carbocycles. The summed E-state index contributed by atoms with van der Waals surface area (Å²) in [5, 5.41) is 56.0. The van der Waals surface area contributed by atoms with E-state index in [0.29, 0.717) is 66.2 Å². The number of carbonyl (C=O) groups is 16. The molecule has 2 aliphatic heterocycles. The summed E-state index contributed by atoms with van der Waals surface area (Å²) in [7, 11) is 0. The monoisotopic (exact) mass is 1610 g/mol. The fourth-order valence-corrected chi connectivity index (χ4v) is 13.7. The number of aromatic amines is 2. The molecule has 4 heterocycles. The number of imidazole rings is 1. The van der Waals surface area contributed by atoms with Gasteiger partial charge in [0.2, 0.25) is 82.7 Å². The van der Waals surface area contributed by atoms with Crippen LogP contribution in [0.15, 0.2) is 67.3 Å². The second-order valence-corrected chi connectivity index (χ2v) is 30.0. The number of rotatable bonds is 49. The molecule has 0 spiro atoms. The summed E-state index contributed by atoms with van der Waals surface area (Å²) in [6.07, 6.45) is 4.25. The lowest BCUT2D eigenvalue weighted by Gasteiger charge is -2.31. The number of likely N-dealkylation sites (tertiary alicyclic amines) is 2. The number of para-hydroxylation sites is 1. The predicted molar refractivity (Wildman–Crippen MR) is 417 cm³/mol. The number of aromatic hydroxyl groups is 1. The third kappa shape index (κ3) is 29.7. The van der Waals surface area contributed by atoms with Gasteiger partial charge in [-0.3, -0.25) is 71.9 Å². The normalized spacial score (nSPS) is 16.6. The fraction of sp³-hybridized carbons (Fsp3) is 0.571. The van der Waals surface area contributed by atoms with Crippen molar-refractivity contribution >= 4 is 106 Å². The number of carboxylic acids is 2. The molecule has 2 fully saturated rings. The van der Waals surface area contributed by atoms with E-state index in [1.165, 1.54) is 46.6 Å². The SMILES string of the molecule is CCCC[C@H](NC(=O)[C@@H]1CCCN1C(=O)[C@H](CCC(N)=O)NC(=O)CNC(=O)[C@@H]1CCCN1C(=O)[C@H](CCCCN)NC(=O)[C@H](CC(C)C)NC(=O)[C@H](CCC(N)=O)NC(=O)[C@H](CC(C)C)NC(=O)[C@H](Cc1c[nH]c2ccccc12)NC(=O)[C@H](Cc1cnc[nH]1)NC(=O)[C@@H](N)CCC(=O)O)C(=O)N[C@@H](Cc1ccc(O)cc1)C(=O)O. The van der Waals surface area contributed by atoms with Gasteiger partial charge in [-0.1, -0.05) is 77.8 Å². The molecular formula is C77H113N19O19. The van der Waals surface area contributed by atoms with Gasteiger partial charge >= 0.3 is 11.9 Å². The Bertz CT molecular complexity index is 4020. The number of fused-ring (bicyclic) bond motifs is 1. The number of H-pyrrole nitrogens is 2. The van der Waals surface area contributed by atoms with Gasteiger partial charge < -0.3 is 111 Å². The topological polar surface area (TPSA) is 609 Å². The Morgan fingerprint density at radius 2 is 1.03 bits per heavy atom. The molecule has 4 aromatic rings. The van der Waals surface area contributed by atoms with Crippen LogP contribution in [0.4, 0.5) is 0 Å². The summed E-state index contributed by atoms with van der Waals surface area (Å²) in [5.41, 5.74) is 25.2. The minimum absolute atomic E-state index is 0.00239. The summed E-state index contributed by atoms with van der Waals surface area (Å²) in [6, 6.07) is -3.57. The van der Waals surface area contributed by atoms with Gasteiger partial charge in [-0.2, -0.15) is 0 Å². The zero-order valence-electron chi connectivity index (χ0n) is 65.6. The molecule has 115 heavy (non-hydrogen) atoms. The van der Waals surface area contributed by atoms with Gasteiger partial charge in [0.1, 0.15) is 72.2 Å². The summed E-state index contributed by atoms with van der Waals surface area (Å²) in [6.45, 7) is 8.38. The van der Waals surface area contributed by atoms with Crippen molar-refractivity contribution < 1.29 is 92.0 Å². The van der Waals surface area contributed by atoms with Crippen LogP contribution in [0, 0.1) is 11.8 Å². The number of hydrogen-bond acceptors (Lipinski definition) is 20. The average molecular weight is 1610 g/mol. The molecule has 0 bridgehead atoms. The Labute approximate surface area is 665 Å². The van der Waals surface area contributed by atoms with Crippen LogP contribution in [0.1, 0.15) is 167 Å². The third-order valence-corrected chi connectivity index (χ3v) is 19.8. The van der Waals surface area contributed by atoms with E-state index < -0.39 is 199 Å². The molecule has 12 atom stereocenters. The van der Waals surface area contributed by atoms with E-state index >= 15 is 0 Å². The Kier molecular flexibility index (Phi) is 36.9. The Hall–Kier alpha value is -11.6. The molecule has 6 rings (SSSR count). The first kappa shape index (κ1) is 92.3. The minimum Gasteiger partial charge on any atom is -0.508 e. The zero-order valence-corrected chi connectivity index (χ0v) is 65.6. The number of phenols is 1. The summed E-state index contributed by atoms with van der Waals surface area (Å²) >= 11 is 0. The second-order valence-electron chi connectivity index (χ2n) is 30.0. The number of unbranched alkanes of at least 4 members (excludes halogenated alkanes) is 2. The van der Waals surface area contributed by atoms with Crippen LogP contribution in [-0.4, -0.2) is 233 Å². The van der Waals surface area contributed by atoms with Crippen LogP contribution < -0.4 is 76.1 Å². The Balaban J connectivity index is 1.14. The Morgan fingerprint density at radius 3 is 1.57 bits per heavy atom. The highest BCUT2D eigenvalue weighted by Gasteiger charge is 2.43. The molecule has 0 aliphatic carbocycles. The Morgan fingerprint density at radius 1 is 0.530 bits per heavy atom. The van der Waals surface area contributed by atoms with Gasteiger partial charge in [0.05, 0.1) is 18.9 Å². The lowest BCUT2D eigenvalue weighted by atomic mass is 9.99. The van der Waals surface area contributed by atoms with Crippen LogP contribution in [-0.2, 0) is 96.0 Å². The number of primary amides is 2. The van der Waals surface area contributed by atoms with E-state index in [1.54, 1.807) is 58.2 Å². The maximum absolute atomic E-state index is 14.9. The van der Waals surface area contributed by atoms with E-state index in [9.17, 15) is 92.0 Å². The molecule has 630 valence electrons. The molecule has 0 unspecified atom stereocenters. The van der Waals surface area contributed by atoms with E-state index in [4.69, 9.17) is 22.9 Å². The van der Waals surface area contributed by atoms with Crippen molar-refractivity contribution in [3.05, 3.63) is 84.1 Å². The van der Waals surface area contributed by atoms with Gasteiger partial charge in [0.25, 0.3) is 0 Å². The largest absolute Gasteiger partial charge is 0.508 e. The lowest BCUT2D eigenvalue weighted by molar-refractivity contribution is -0.144. The fourth-order valence-electron chi connectivity index (χ4n) is 13.7. The van der Waals surface area contributed by atoms with E-state index in [2.05, 4.69) is 68.1 Å². The molecule has 0 radical (unpaired) electrons.